The van der Waals surface area contributed by atoms with Gasteiger partial charge >= 0.3 is 5.69 Å². The van der Waals surface area contributed by atoms with Crippen molar-refractivity contribution in [3.05, 3.63) is 80.5 Å². The molecule has 3 aromatic heterocycles. The number of aromatic amines is 1. The van der Waals surface area contributed by atoms with Crippen molar-refractivity contribution in [2.24, 2.45) is 7.05 Å². The molecule has 0 bridgehead atoms. The Hall–Kier alpha value is -3.17. The molecule has 5 rings (SSSR count). The molecule has 0 spiro atoms. The first kappa shape index (κ1) is 18.8. The van der Waals surface area contributed by atoms with E-state index in [2.05, 4.69) is 15.0 Å². The molecule has 0 saturated heterocycles. The molecule has 0 aliphatic carbocycles. The maximum atomic E-state index is 12.7. The first-order valence-corrected chi connectivity index (χ1v) is 10.9. The summed E-state index contributed by atoms with van der Waals surface area (Å²) in [5, 5.41) is 0.622. The van der Waals surface area contributed by atoms with Gasteiger partial charge in [0.25, 0.3) is 5.56 Å². The first-order chi connectivity index (χ1) is 14.5. The molecule has 1 N–H and O–H groups in total. The zero-order valence-corrected chi connectivity index (χ0v) is 17.9. The minimum Gasteiger partial charge on any atom is -0.308 e. The number of benzene rings is 2. The maximum Gasteiger partial charge on any atom is 0.329 e. The zero-order valence-electron chi connectivity index (χ0n) is 16.2. The standard InChI is InChI=1S/C21H17N5O2S2/c1-12-7-9-13(10-8-12)11-26-16-17(25(2)19(28)24-18(16)27)23-20(26)30-21-22-14-5-3-4-6-15(14)29-21/h3-10H,11H2,1-2H3,(H,24,27,28). The average molecular weight is 436 g/mol. The Morgan fingerprint density at radius 1 is 1.07 bits per heavy atom. The number of nitrogens with zero attached hydrogens (tertiary/aromatic N) is 4. The third-order valence-corrected chi connectivity index (χ3v) is 6.98. The molecule has 0 radical (unpaired) electrons. The van der Waals surface area contributed by atoms with Gasteiger partial charge in [-0.3, -0.25) is 14.3 Å². The molecule has 0 aliphatic heterocycles. The largest absolute Gasteiger partial charge is 0.329 e. The van der Waals surface area contributed by atoms with E-state index in [4.69, 9.17) is 0 Å². The minimum atomic E-state index is -0.482. The smallest absolute Gasteiger partial charge is 0.308 e. The minimum absolute atomic E-state index is 0.361. The molecule has 9 heteroatoms. The average Bonchev–Trinajstić information content (AvgIpc) is 3.29. The van der Waals surface area contributed by atoms with Crippen molar-refractivity contribution >= 4 is 44.5 Å². The van der Waals surface area contributed by atoms with Crippen LogP contribution in [0.2, 0.25) is 0 Å². The molecule has 0 amide bonds. The van der Waals surface area contributed by atoms with Crippen molar-refractivity contribution in [1.82, 2.24) is 24.1 Å². The lowest BCUT2D eigenvalue weighted by Gasteiger charge is -2.08. The fourth-order valence-electron chi connectivity index (χ4n) is 3.29. The number of imidazole rings is 1. The number of aryl methyl sites for hydroxylation is 2. The Morgan fingerprint density at radius 2 is 1.83 bits per heavy atom. The summed E-state index contributed by atoms with van der Waals surface area (Å²) >= 11 is 2.98. The van der Waals surface area contributed by atoms with E-state index in [1.165, 1.54) is 21.9 Å². The van der Waals surface area contributed by atoms with Gasteiger partial charge in [-0.1, -0.05) is 42.0 Å². The van der Waals surface area contributed by atoms with Crippen molar-refractivity contribution in [2.45, 2.75) is 23.0 Å². The van der Waals surface area contributed by atoms with Crippen molar-refractivity contribution in [3.8, 4) is 0 Å². The number of hydrogen-bond acceptors (Lipinski definition) is 6. The fraction of sp³-hybridized carbons (Fsp3) is 0.143. The normalized spacial score (nSPS) is 11.5. The molecule has 0 aliphatic rings. The highest BCUT2D eigenvalue weighted by Gasteiger charge is 2.19. The second kappa shape index (κ2) is 7.26. The fourth-order valence-corrected chi connectivity index (χ4v) is 5.34. The summed E-state index contributed by atoms with van der Waals surface area (Å²) in [4.78, 5) is 36.5. The van der Waals surface area contributed by atoms with Gasteiger partial charge in [-0.25, -0.2) is 14.8 Å². The predicted octanol–water partition coefficient (Wildman–Crippen LogP) is 3.54. The second-order valence-corrected chi connectivity index (χ2v) is 9.25. The van der Waals surface area contributed by atoms with Gasteiger partial charge in [-0.05, 0) is 36.4 Å². The summed E-state index contributed by atoms with van der Waals surface area (Å²) in [6, 6.07) is 16.1. The van der Waals surface area contributed by atoms with Gasteiger partial charge < -0.3 is 4.57 Å². The van der Waals surface area contributed by atoms with Gasteiger partial charge in [-0.15, -0.1) is 11.3 Å². The van der Waals surface area contributed by atoms with Crippen LogP contribution in [0.1, 0.15) is 11.1 Å². The number of rotatable bonds is 4. The van der Waals surface area contributed by atoms with Gasteiger partial charge in [0.15, 0.2) is 20.7 Å². The van der Waals surface area contributed by atoms with E-state index in [1.54, 1.807) is 18.4 Å². The molecule has 0 atom stereocenters. The molecule has 30 heavy (non-hydrogen) atoms. The lowest BCUT2D eigenvalue weighted by molar-refractivity contribution is 0.728. The summed E-state index contributed by atoms with van der Waals surface area (Å²) in [6.07, 6.45) is 0. The number of para-hydroxylation sites is 1. The summed E-state index contributed by atoms with van der Waals surface area (Å²) in [6.45, 7) is 2.50. The van der Waals surface area contributed by atoms with Crippen LogP contribution in [0.4, 0.5) is 0 Å². The summed E-state index contributed by atoms with van der Waals surface area (Å²) in [5.74, 6) is 0. The van der Waals surface area contributed by atoms with Crippen LogP contribution in [-0.2, 0) is 13.6 Å². The number of fused-ring (bicyclic) bond motifs is 2. The molecule has 0 fully saturated rings. The van der Waals surface area contributed by atoms with Crippen molar-refractivity contribution in [1.29, 1.82) is 0 Å². The number of thiazole rings is 1. The molecule has 150 valence electrons. The van der Waals surface area contributed by atoms with E-state index in [-0.39, 0.29) is 0 Å². The third-order valence-electron chi connectivity index (χ3n) is 4.89. The van der Waals surface area contributed by atoms with Crippen LogP contribution < -0.4 is 11.2 Å². The molecule has 2 aromatic carbocycles. The van der Waals surface area contributed by atoms with Gasteiger partial charge in [0.2, 0.25) is 0 Å². The summed E-state index contributed by atoms with van der Waals surface area (Å²) in [5.41, 5.74) is 2.95. The summed E-state index contributed by atoms with van der Waals surface area (Å²) < 4.78 is 5.14. The van der Waals surface area contributed by atoms with E-state index in [0.717, 1.165) is 20.1 Å². The Bertz CT molecular complexity index is 1480. The van der Waals surface area contributed by atoms with E-state index < -0.39 is 11.2 Å². The van der Waals surface area contributed by atoms with E-state index >= 15 is 0 Å². The van der Waals surface area contributed by atoms with E-state index in [0.29, 0.717) is 22.9 Å². The molecule has 7 nitrogen and oxygen atoms in total. The molecule has 0 unspecified atom stereocenters. The van der Waals surface area contributed by atoms with Gasteiger partial charge in [0, 0.05) is 7.05 Å². The first-order valence-electron chi connectivity index (χ1n) is 9.28. The topological polar surface area (TPSA) is 85.6 Å². The monoisotopic (exact) mass is 435 g/mol. The quantitative estimate of drug-likeness (QED) is 0.467. The van der Waals surface area contributed by atoms with Crippen LogP contribution in [0.5, 0.6) is 0 Å². The van der Waals surface area contributed by atoms with Gasteiger partial charge in [0.1, 0.15) is 0 Å². The van der Waals surface area contributed by atoms with Crippen molar-refractivity contribution in [2.75, 3.05) is 0 Å². The SMILES string of the molecule is Cc1ccc(Cn2c(Sc3nc4ccccc4s3)nc3c2c(=O)[nH]c(=O)n3C)cc1. The molecular formula is C21H17N5O2S2. The Balaban J connectivity index is 1.68. The van der Waals surface area contributed by atoms with Crippen molar-refractivity contribution in [3.63, 3.8) is 0 Å². The van der Waals surface area contributed by atoms with E-state index in [9.17, 15) is 9.59 Å². The molecule has 0 saturated carbocycles. The van der Waals surface area contributed by atoms with Crippen LogP contribution >= 0.6 is 23.1 Å². The number of aromatic nitrogens is 5. The number of hydrogen-bond donors (Lipinski definition) is 1. The number of H-pyrrole nitrogens is 1. The number of nitrogens with one attached hydrogen (secondary N) is 1. The third kappa shape index (κ3) is 3.25. The molecule has 5 aromatic rings. The Kier molecular flexibility index (Phi) is 4.56. The highest BCUT2D eigenvalue weighted by Crippen LogP contribution is 2.35. The zero-order chi connectivity index (χ0) is 20.8. The highest BCUT2D eigenvalue weighted by molar-refractivity contribution is 8.01. The second-order valence-electron chi connectivity index (χ2n) is 7.01. The van der Waals surface area contributed by atoms with Crippen molar-refractivity contribution < 1.29 is 0 Å². The molecular weight excluding hydrogens is 418 g/mol. The van der Waals surface area contributed by atoms with Crippen LogP contribution in [-0.4, -0.2) is 24.1 Å². The molecule has 3 heterocycles. The Labute approximate surface area is 179 Å². The van der Waals surface area contributed by atoms with Gasteiger partial charge in [-0.2, -0.15) is 0 Å². The lowest BCUT2D eigenvalue weighted by atomic mass is 10.1. The predicted molar refractivity (Wildman–Crippen MR) is 120 cm³/mol. The summed E-state index contributed by atoms with van der Waals surface area (Å²) in [7, 11) is 1.61. The Morgan fingerprint density at radius 3 is 2.60 bits per heavy atom. The maximum absolute atomic E-state index is 12.7. The van der Waals surface area contributed by atoms with Gasteiger partial charge in [0.05, 0.1) is 16.8 Å². The van der Waals surface area contributed by atoms with Crippen LogP contribution in [0, 0.1) is 6.92 Å². The van der Waals surface area contributed by atoms with Crippen LogP contribution in [0.15, 0.2) is 67.6 Å². The highest BCUT2D eigenvalue weighted by atomic mass is 32.2. The van der Waals surface area contributed by atoms with Crippen LogP contribution in [0.25, 0.3) is 21.4 Å². The lowest BCUT2D eigenvalue weighted by Crippen LogP contribution is -2.29. The van der Waals surface area contributed by atoms with Crippen LogP contribution in [0.3, 0.4) is 0 Å². The van der Waals surface area contributed by atoms with E-state index in [1.807, 2.05) is 60.0 Å².